The molecule has 0 radical (unpaired) electrons. The molecule has 2 aromatic carbocycles. The maximum absolute atomic E-state index is 13.3. The molecular weight excluding hydrogens is 452 g/mol. The van der Waals surface area contributed by atoms with Crippen molar-refractivity contribution in [3.8, 4) is 11.5 Å². The molecule has 184 valence electrons. The first-order chi connectivity index (χ1) is 16.8. The Hall–Kier alpha value is -4.14. The van der Waals surface area contributed by atoms with E-state index in [2.05, 4.69) is 0 Å². The third-order valence-corrected chi connectivity index (χ3v) is 5.51. The molecule has 0 spiro atoms. The van der Waals surface area contributed by atoms with Crippen molar-refractivity contribution in [2.24, 2.45) is 0 Å². The number of carboxylic acid groups (broad SMARTS) is 1. The van der Waals surface area contributed by atoms with Crippen LogP contribution in [0.3, 0.4) is 0 Å². The van der Waals surface area contributed by atoms with Crippen molar-refractivity contribution in [2.75, 3.05) is 25.2 Å². The van der Waals surface area contributed by atoms with Crippen molar-refractivity contribution < 1.29 is 33.8 Å². The van der Waals surface area contributed by atoms with Crippen LogP contribution in [0.25, 0.3) is 0 Å². The van der Waals surface area contributed by atoms with E-state index in [0.29, 0.717) is 36.3 Å². The molecule has 1 heterocycles. The number of hydrogen-bond acceptors (Lipinski definition) is 7. The summed E-state index contributed by atoms with van der Waals surface area (Å²) in [7, 11) is 1.55. The number of carbonyl (C=O) groups is 4. The third kappa shape index (κ3) is 6.47. The van der Waals surface area contributed by atoms with Crippen LogP contribution in [-0.2, 0) is 25.6 Å². The number of amides is 3. The highest BCUT2D eigenvalue weighted by Gasteiger charge is 2.43. The molecule has 35 heavy (non-hydrogen) atoms. The van der Waals surface area contributed by atoms with E-state index in [0.717, 1.165) is 23.0 Å². The minimum Gasteiger partial charge on any atom is -0.545 e. The van der Waals surface area contributed by atoms with E-state index in [1.165, 1.54) is 4.90 Å². The summed E-state index contributed by atoms with van der Waals surface area (Å²) in [5.74, 6) is -1.93. The molecule has 9 nitrogen and oxygen atoms in total. The highest BCUT2D eigenvalue weighted by atomic mass is 16.5. The van der Waals surface area contributed by atoms with Crippen molar-refractivity contribution in [3.05, 3.63) is 66.2 Å². The van der Waals surface area contributed by atoms with Gasteiger partial charge in [0.2, 0.25) is 11.8 Å². The summed E-state index contributed by atoms with van der Waals surface area (Å²) in [6.07, 6.45) is 2.47. The number of aliphatic carboxylic acids is 1. The van der Waals surface area contributed by atoms with Gasteiger partial charge in [0, 0.05) is 12.6 Å². The minimum atomic E-state index is -1.53. The van der Waals surface area contributed by atoms with Crippen LogP contribution >= 0.6 is 0 Å². The first-order valence-electron chi connectivity index (χ1n) is 11.3. The lowest BCUT2D eigenvalue weighted by Crippen LogP contribution is -2.46. The van der Waals surface area contributed by atoms with Crippen LogP contribution in [0, 0.1) is 0 Å². The molecule has 9 heteroatoms. The number of benzene rings is 2. The number of rotatable bonds is 11. The lowest BCUT2D eigenvalue weighted by atomic mass is 10.1. The molecule has 1 atom stereocenters. The van der Waals surface area contributed by atoms with Crippen molar-refractivity contribution in [3.63, 3.8) is 0 Å². The number of hydrogen-bond donors (Lipinski definition) is 0. The van der Waals surface area contributed by atoms with E-state index in [-0.39, 0.29) is 13.0 Å². The van der Waals surface area contributed by atoms with Crippen LogP contribution in [0.1, 0.15) is 25.3 Å². The zero-order valence-corrected chi connectivity index (χ0v) is 19.6. The molecule has 0 aliphatic carbocycles. The summed E-state index contributed by atoms with van der Waals surface area (Å²) in [5, 5.41) is 10.8. The summed E-state index contributed by atoms with van der Waals surface area (Å²) in [6, 6.07) is 12.7. The number of nitrogens with zero attached hydrogens (tertiary/aromatic N) is 2. The van der Waals surface area contributed by atoms with Gasteiger partial charge in [-0.25, -0.2) is 4.90 Å². The zero-order valence-electron chi connectivity index (χ0n) is 19.6. The molecule has 1 aliphatic rings. The van der Waals surface area contributed by atoms with E-state index in [1.54, 1.807) is 43.5 Å². The first-order valence-corrected chi connectivity index (χ1v) is 11.3. The average Bonchev–Trinajstić information content (AvgIpc) is 3.15. The third-order valence-electron chi connectivity index (χ3n) is 5.51. The molecule has 3 amide bonds. The molecule has 2 aromatic rings. The standard InChI is InChI=1S/C26H28N2O7/c1-3-16-35-21-10-6-19(7-11-21)28-24(30)17-22(26(28)33)27(23(29)12-13-25(31)32)15-14-18-4-8-20(34-2)9-5-18/h4-13,22H,3,14-17H2,1-2H3,(H,31,32)/p-1/b13-12+/t22-/m1/s1. The topological polar surface area (TPSA) is 116 Å². The van der Waals surface area contributed by atoms with E-state index >= 15 is 0 Å². The van der Waals surface area contributed by atoms with Gasteiger partial charge in [-0.05, 0) is 60.9 Å². The molecule has 0 N–H and O–H groups in total. The van der Waals surface area contributed by atoms with Gasteiger partial charge < -0.3 is 24.3 Å². The smallest absolute Gasteiger partial charge is 0.257 e. The zero-order chi connectivity index (χ0) is 25.4. The monoisotopic (exact) mass is 479 g/mol. The van der Waals surface area contributed by atoms with Crippen LogP contribution < -0.4 is 19.5 Å². The summed E-state index contributed by atoms with van der Waals surface area (Å²) >= 11 is 0. The highest BCUT2D eigenvalue weighted by Crippen LogP contribution is 2.28. The predicted molar refractivity (Wildman–Crippen MR) is 126 cm³/mol. The second kappa shape index (κ2) is 11.8. The second-order valence-corrected chi connectivity index (χ2v) is 7.91. The summed E-state index contributed by atoms with van der Waals surface area (Å²) in [5.41, 5.74) is 1.25. The van der Waals surface area contributed by atoms with Gasteiger partial charge >= 0.3 is 0 Å². The second-order valence-electron chi connectivity index (χ2n) is 7.91. The Morgan fingerprint density at radius 2 is 1.71 bits per heavy atom. The molecule has 1 saturated heterocycles. The molecule has 0 bridgehead atoms. The van der Waals surface area contributed by atoms with Crippen LogP contribution in [-0.4, -0.2) is 54.9 Å². The molecular formula is C26H27N2O7-. The Morgan fingerprint density at radius 1 is 1.06 bits per heavy atom. The number of methoxy groups -OCH3 is 1. The first kappa shape index (κ1) is 25.5. The molecule has 0 saturated carbocycles. The van der Waals surface area contributed by atoms with E-state index < -0.39 is 29.7 Å². The van der Waals surface area contributed by atoms with Gasteiger partial charge in [-0.2, -0.15) is 0 Å². The highest BCUT2D eigenvalue weighted by molar-refractivity contribution is 6.23. The number of carboxylic acids is 1. The van der Waals surface area contributed by atoms with Gasteiger partial charge in [0.25, 0.3) is 5.91 Å². The molecule has 1 aliphatic heterocycles. The minimum absolute atomic E-state index is 0.101. The van der Waals surface area contributed by atoms with Crippen LogP contribution in [0.15, 0.2) is 60.7 Å². The predicted octanol–water partition coefficient (Wildman–Crippen LogP) is 1.49. The van der Waals surface area contributed by atoms with Crippen molar-refractivity contribution in [2.45, 2.75) is 32.2 Å². The van der Waals surface area contributed by atoms with Crippen molar-refractivity contribution >= 4 is 29.4 Å². The lowest BCUT2D eigenvalue weighted by molar-refractivity contribution is -0.297. The quantitative estimate of drug-likeness (QED) is 0.354. The van der Waals surface area contributed by atoms with Gasteiger partial charge in [0.15, 0.2) is 0 Å². The van der Waals surface area contributed by atoms with Gasteiger partial charge in [-0.3, -0.25) is 14.4 Å². The SMILES string of the molecule is CCCOc1ccc(N2C(=O)C[C@@H](N(CCc3ccc(OC)cc3)C(=O)/C=C/C(=O)[O-])C2=O)cc1. The largest absolute Gasteiger partial charge is 0.545 e. The Labute approximate surface area is 203 Å². The Bertz CT molecular complexity index is 1090. The fourth-order valence-electron chi connectivity index (χ4n) is 3.74. The number of anilines is 1. The van der Waals surface area contributed by atoms with E-state index in [1.807, 2.05) is 19.1 Å². The number of imide groups is 1. The lowest BCUT2D eigenvalue weighted by Gasteiger charge is -2.27. The summed E-state index contributed by atoms with van der Waals surface area (Å²) in [6.45, 7) is 2.64. The van der Waals surface area contributed by atoms with Crippen molar-refractivity contribution in [1.82, 2.24) is 4.90 Å². The molecule has 0 unspecified atom stereocenters. The van der Waals surface area contributed by atoms with Gasteiger partial charge in [-0.1, -0.05) is 19.1 Å². The summed E-state index contributed by atoms with van der Waals surface area (Å²) in [4.78, 5) is 52.0. The summed E-state index contributed by atoms with van der Waals surface area (Å²) < 4.78 is 10.7. The van der Waals surface area contributed by atoms with Crippen LogP contribution in [0.4, 0.5) is 5.69 Å². The van der Waals surface area contributed by atoms with Gasteiger partial charge in [0.05, 0.1) is 31.8 Å². The van der Waals surface area contributed by atoms with Crippen LogP contribution in [0.2, 0.25) is 0 Å². The number of carbonyl (C=O) groups excluding carboxylic acids is 4. The Morgan fingerprint density at radius 3 is 2.31 bits per heavy atom. The average molecular weight is 480 g/mol. The fourth-order valence-corrected chi connectivity index (χ4v) is 3.74. The van der Waals surface area contributed by atoms with E-state index in [4.69, 9.17) is 9.47 Å². The Balaban J connectivity index is 1.80. The van der Waals surface area contributed by atoms with Crippen molar-refractivity contribution in [1.29, 1.82) is 0 Å². The normalized spacial score (nSPS) is 15.5. The fraction of sp³-hybridized carbons (Fsp3) is 0.308. The number of ether oxygens (including phenoxy) is 2. The maximum Gasteiger partial charge on any atom is 0.257 e. The Kier molecular flexibility index (Phi) is 8.61. The van der Waals surface area contributed by atoms with Gasteiger partial charge in [0.1, 0.15) is 17.5 Å². The maximum atomic E-state index is 13.3. The molecule has 1 fully saturated rings. The molecule has 3 rings (SSSR count). The van der Waals surface area contributed by atoms with E-state index in [9.17, 15) is 24.3 Å². The van der Waals surface area contributed by atoms with Gasteiger partial charge in [-0.15, -0.1) is 0 Å². The van der Waals surface area contributed by atoms with Crippen LogP contribution in [0.5, 0.6) is 11.5 Å². The molecule has 0 aromatic heterocycles.